The zero-order valence-electron chi connectivity index (χ0n) is 11.2. The highest BCUT2D eigenvalue weighted by Crippen LogP contribution is 2.39. The molecule has 1 aromatic heterocycles. The van der Waals surface area contributed by atoms with Crippen LogP contribution in [-0.2, 0) is 13.1 Å². The molecule has 2 aromatic rings. The first-order valence-corrected chi connectivity index (χ1v) is 7.29. The van der Waals surface area contributed by atoms with Gasteiger partial charge in [0.15, 0.2) is 11.5 Å². The lowest BCUT2D eigenvalue weighted by molar-refractivity contribution is 0.173. The second kappa shape index (κ2) is 5.85. The molecule has 1 atom stereocenters. The van der Waals surface area contributed by atoms with E-state index < -0.39 is 0 Å². The number of nitrogens with zero attached hydrogens (tertiary/aromatic N) is 2. The van der Waals surface area contributed by atoms with Gasteiger partial charge in [0, 0.05) is 31.5 Å². The van der Waals surface area contributed by atoms with E-state index in [0.717, 1.165) is 29.1 Å². The largest absolute Gasteiger partial charge is 0.454 e. The van der Waals surface area contributed by atoms with Gasteiger partial charge in [0.2, 0.25) is 6.79 Å². The van der Waals surface area contributed by atoms with E-state index in [1.165, 1.54) is 5.56 Å². The quantitative estimate of drug-likeness (QED) is 0.910. The predicted octanol–water partition coefficient (Wildman–Crippen LogP) is 2.55. The van der Waals surface area contributed by atoms with E-state index in [1.54, 1.807) is 6.20 Å². The van der Waals surface area contributed by atoms with E-state index in [0.29, 0.717) is 12.8 Å². The summed E-state index contributed by atoms with van der Waals surface area (Å²) in [4.78, 5) is 4.04. The van der Waals surface area contributed by atoms with Gasteiger partial charge in [-0.1, -0.05) is 0 Å². The lowest BCUT2D eigenvalue weighted by Crippen LogP contribution is -2.29. The van der Waals surface area contributed by atoms with Crippen LogP contribution in [0, 0.1) is 0 Å². The van der Waals surface area contributed by atoms with E-state index >= 15 is 0 Å². The van der Waals surface area contributed by atoms with Crippen LogP contribution in [0.25, 0.3) is 0 Å². The third kappa shape index (κ3) is 2.96. The Morgan fingerprint density at radius 1 is 1.45 bits per heavy atom. The second-order valence-corrected chi connectivity index (χ2v) is 5.71. The van der Waals surface area contributed by atoms with Crippen LogP contribution in [0.5, 0.6) is 11.5 Å². The Hall–Kier alpha value is -1.53. The van der Waals surface area contributed by atoms with E-state index in [1.807, 2.05) is 18.6 Å². The Bertz CT molecular complexity index is 586. The molecular weight excluding hydrogens is 322 g/mol. The number of rotatable bonds is 5. The molecule has 1 aliphatic rings. The fourth-order valence-corrected chi connectivity index (χ4v) is 2.79. The van der Waals surface area contributed by atoms with Crippen LogP contribution in [0.2, 0.25) is 0 Å². The Balaban J connectivity index is 1.59. The zero-order valence-corrected chi connectivity index (χ0v) is 12.8. The van der Waals surface area contributed by atoms with Crippen LogP contribution in [0.15, 0.2) is 35.3 Å². The number of nitrogens with one attached hydrogen (secondary N) is 1. The molecule has 0 radical (unpaired) electrons. The van der Waals surface area contributed by atoms with Crippen molar-refractivity contribution in [1.29, 1.82) is 0 Å². The van der Waals surface area contributed by atoms with E-state index in [9.17, 15) is 0 Å². The molecule has 1 aliphatic heterocycles. The standard InChI is InChI=1S/C14H16BrN3O2/c1-10(7-18-3-2-16-8-18)17-6-11-4-12(15)14-13(5-11)19-9-20-14/h2-5,8,10,17H,6-7,9H2,1H3/t10-/m1/s1. The molecular formula is C14H16BrN3O2. The maximum absolute atomic E-state index is 5.42. The van der Waals surface area contributed by atoms with Gasteiger partial charge in [0.25, 0.3) is 0 Å². The zero-order chi connectivity index (χ0) is 13.9. The van der Waals surface area contributed by atoms with Crippen molar-refractivity contribution in [2.75, 3.05) is 6.79 Å². The van der Waals surface area contributed by atoms with Crippen molar-refractivity contribution in [2.45, 2.75) is 26.1 Å². The van der Waals surface area contributed by atoms with Gasteiger partial charge in [-0.3, -0.25) is 0 Å². The average Bonchev–Trinajstić information content (AvgIpc) is 3.07. The minimum Gasteiger partial charge on any atom is -0.454 e. The van der Waals surface area contributed by atoms with Crippen molar-refractivity contribution in [1.82, 2.24) is 14.9 Å². The maximum atomic E-state index is 5.42. The molecule has 0 bridgehead atoms. The Morgan fingerprint density at radius 3 is 3.15 bits per heavy atom. The molecule has 6 heteroatoms. The summed E-state index contributed by atoms with van der Waals surface area (Å²) in [5.41, 5.74) is 1.17. The van der Waals surface area contributed by atoms with Gasteiger partial charge in [-0.25, -0.2) is 4.98 Å². The summed E-state index contributed by atoms with van der Waals surface area (Å²) in [5.74, 6) is 1.60. The third-order valence-corrected chi connectivity index (χ3v) is 3.77. The minimum atomic E-state index is 0.293. The van der Waals surface area contributed by atoms with Crippen molar-refractivity contribution >= 4 is 15.9 Å². The maximum Gasteiger partial charge on any atom is 0.231 e. The molecule has 0 amide bonds. The topological polar surface area (TPSA) is 48.3 Å². The Morgan fingerprint density at radius 2 is 2.35 bits per heavy atom. The molecule has 0 saturated carbocycles. The van der Waals surface area contributed by atoms with Crippen LogP contribution in [0.3, 0.4) is 0 Å². The third-order valence-electron chi connectivity index (χ3n) is 3.19. The first-order valence-electron chi connectivity index (χ1n) is 6.49. The molecule has 0 fully saturated rings. The summed E-state index contributed by atoms with van der Waals surface area (Å²) < 4.78 is 13.8. The van der Waals surface area contributed by atoms with Gasteiger partial charge in [0.05, 0.1) is 10.8 Å². The van der Waals surface area contributed by atoms with E-state index in [4.69, 9.17) is 9.47 Å². The van der Waals surface area contributed by atoms with Crippen molar-refractivity contribution in [2.24, 2.45) is 0 Å². The summed E-state index contributed by atoms with van der Waals surface area (Å²) in [7, 11) is 0. The van der Waals surface area contributed by atoms with Crippen LogP contribution < -0.4 is 14.8 Å². The number of benzene rings is 1. The van der Waals surface area contributed by atoms with Crippen molar-refractivity contribution in [3.8, 4) is 11.5 Å². The molecule has 106 valence electrons. The highest BCUT2D eigenvalue weighted by Gasteiger charge is 2.18. The highest BCUT2D eigenvalue weighted by atomic mass is 79.9. The summed E-state index contributed by atoms with van der Waals surface area (Å²) in [6.07, 6.45) is 5.59. The predicted molar refractivity (Wildman–Crippen MR) is 78.8 cm³/mol. The number of fused-ring (bicyclic) bond motifs is 1. The van der Waals surface area contributed by atoms with Gasteiger partial charge in [0.1, 0.15) is 0 Å². The van der Waals surface area contributed by atoms with Crippen LogP contribution in [0.1, 0.15) is 12.5 Å². The molecule has 1 N–H and O–H groups in total. The summed E-state index contributed by atoms with van der Waals surface area (Å²) >= 11 is 3.51. The number of ether oxygens (including phenoxy) is 2. The number of hydrogen-bond donors (Lipinski definition) is 1. The number of aromatic nitrogens is 2. The number of hydrogen-bond acceptors (Lipinski definition) is 4. The van der Waals surface area contributed by atoms with Gasteiger partial charge in [-0.2, -0.15) is 0 Å². The summed E-state index contributed by atoms with van der Waals surface area (Å²) in [6.45, 7) is 4.13. The molecule has 3 rings (SSSR count). The number of halogens is 1. The fraction of sp³-hybridized carbons (Fsp3) is 0.357. The van der Waals surface area contributed by atoms with Gasteiger partial charge in [-0.05, 0) is 40.5 Å². The van der Waals surface area contributed by atoms with Gasteiger partial charge in [-0.15, -0.1) is 0 Å². The van der Waals surface area contributed by atoms with Crippen molar-refractivity contribution in [3.63, 3.8) is 0 Å². The lowest BCUT2D eigenvalue weighted by atomic mass is 10.2. The fourth-order valence-electron chi connectivity index (χ4n) is 2.19. The van der Waals surface area contributed by atoms with E-state index in [-0.39, 0.29) is 0 Å². The number of imidazole rings is 1. The summed E-state index contributed by atoms with van der Waals surface area (Å²) in [5, 5.41) is 3.49. The normalized spacial score (nSPS) is 14.5. The first kappa shape index (κ1) is 13.5. The molecule has 1 aromatic carbocycles. The molecule has 20 heavy (non-hydrogen) atoms. The monoisotopic (exact) mass is 337 g/mol. The van der Waals surface area contributed by atoms with Crippen molar-refractivity contribution in [3.05, 3.63) is 40.9 Å². The van der Waals surface area contributed by atoms with Gasteiger partial charge >= 0.3 is 0 Å². The molecule has 0 spiro atoms. The van der Waals surface area contributed by atoms with Crippen LogP contribution >= 0.6 is 15.9 Å². The summed E-state index contributed by atoms with van der Waals surface area (Å²) in [6, 6.07) is 4.43. The van der Waals surface area contributed by atoms with E-state index in [2.05, 4.69) is 43.8 Å². The molecule has 0 unspecified atom stereocenters. The molecule has 0 aliphatic carbocycles. The van der Waals surface area contributed by atoms with Crippen LogP contribution in [-0.4, -0.2) is 22.4 Å². The average molecular weight is 338 g/mol. The van der Waals surface area contributed by atoms with Gasteiger partial charge < -0.3 is 19.4 Å². The molecule has 0 saturated heterocycles. The highest BCUT2D eigenvalue weighted by molar-refractivity contribution is 9.10. The first-order chi connectivity index (χ1) is 9.72. The lowest BCUT2D eigenvalue weighted by Gasteiger charge is -2.15. The molecule has 5 nitrogen and oxygen atoms in total. The van der Waals surface area contributed by atoms with Crippen LogP contribution in [0.4, 0.5) is 0 Å². The Labute approximate surface area is 126 Å². The van der Waals surface area contributed by atoms with Crippen molar-refractivity contribution < 1.29 is 9.47 Å². The smallest absolute Gasteiger partial charge is 0.231 e. The molecule has 2 heterocycles. The Kier molecular flexibility index (Phi) is 3.93. The SMILES string of the molecule is C[C@H](Cn1ccnc1)NCc1cc(Br)c2c(c1)OCO2. The minimum absolute atomic E-state index is 0.293. The second-order valence-electron chi connectivity index (χ2n) is 4.85.